The Labute approximate surface area is 177 Å². The number of aromatic amines is 1. The monoisotopic (exact) mass is 418 g/mol. The van der Waals surface area contributed by atoms with Gasteiger partial charge in [-0.3, -0.25) is 18.9 Å². The lowest BCUT2D eigenvalue weighted by Gasteiger charge is -2.10. The molecule has 0 atom stereocenters. The van der Waals surface area contributed by atoms with Crippen LogP contribution >= 0.6 is 0 Å². The average molecular weight is 418 g/mol. The Morgan fingerprint density at radius 1 is 1.13 bits per heavy atom. The largest absolute Gasteiger partial charge is 0.492 e. The fourth-order valence-corrected chi connectivity index (χ4v) is 3.13. The van der Waals surface area contributed by atoms with E-state index in [1.54, 1.807) is 17.8 Å². The third-order valence-corrected chi connectivity index (χ3v) is 4.79. The maximum Gasteiger partial charge on any atom is 0.329 e. The van der Waals surface area contributed by atoms with Gasteiger partial charge in [-0.05, 0) is 24.6 Å². The molecule has 0 radical (unpaired) electrons. The van der Waals surface area contributed by atoms with E-state index in [2.05, 4.69) is 20.5 Å². The van der Waals surface area contributed by atoms with Gasteiger partial charge in [0.25, 0.3) is 5.56 Å². The molecule has 2 aromatic carbocycles. The highest BCUT2D eigenvalue weighted by molar-refractivity contribution is 5.80. The van der Waals surface area contributed by atoms with Crippen molar-refractivity contribution in [1.82, 2.24) is 19.1 Å². The van der Waals surface area contributed by atoms with Crippen LogP contribution in [0.1, 0.15) is 11.1 Å². The Bertz CT molecular complexity index is 1330. The highest BCUT2D eigenvalue weighted by Gasteiger charge is 2.17. The van der Waals surface area contributed by atoms with Crippen LogP contribution < -0.4 is 21.4 Å². The number of aryl methyl sites for hydroxylation is 2. The van der Waals surface area contributed by atoms with Crippen LogP contribution in [0.15, 0.2) is 69.3 Å². The van der Waals surface area contributed by atoms with Gasteiger partial charge in [-0.15, -0.1) is 0 Å². The molecule has 31 heavy (non-hydrogen) atoms. The van der Waals surface area contributed by atoms with Crippen LogP contribution in [-0.2, 0) is 13.6 Å². The second kappa shape index (κ2) is 8.70. The normalized spacial score (nSPS) is 11.3. The number of anilines is 1. The van der Waals surface area contributed by atoms with Crippen molar-refractivity contribution in [2.45, 2.75) is 13.5 Å². The predicted molar refractivity (Wildman–Crippen MR) is 120 cm³/mol. The van der Waals surface area contributed by atoms with Crippen molar-refractivity contribution in [2.75, 3.05) is 12.0 Å². The summed E-state index contributed by atoms with van der Waals surface area (Å²) in [6.07, 6.45) is 1.66. The lowest BCUT2D eigenvalue weighted by molar-refractivity contribution is 0.301. The summed E-state index contributed by atoms with van der Waals surface area (Å²) in [5.41, 5.74) is 4.45. The van der Waals surface area contributed by atoms with E-state index >= 15 is 0 Å². The third-order valence-electron chi connectivity index (χ3n) is 4.79. The zero-order valence-electron chi connectivity index (χ0n) is 17.2. The first-order chi connectivity index (χ1) is 15.0. The summed E-state index contributed by atoms with van der Waals surface area (Å²) < 4.78 is 8.71. The zero-order chi connectivity index (χ0) is 21.8. The summed E-state index contributed by atoms with van der Waals surface area (Å²) in [7, 11) is 1.55. The minimum absolute atomic E-state index is 0.265. The summed E-state index contributed by atoms with van der Waals surface area (Å²) >= 11 is 0. The van der Waals surface area contributed by atoms with Crippen molar-refractivity contribution in [3.8, 4) is 5.75 Å². The van der Waals surface area contributed by atoms with Crippen LogP contribution in [0, 0.1) is 6.92 Å². The Kier molecular flexibility index (Phi) is 5.65. The molecule has 0 aliphatic rings. The molecule has 158 valence electrons. The van der Waals surface area contributed by atoms with Crippen LogP contribution in [-0.4, -0.2) is 31.9 Å². The number of benzene rings is 2. The highest BCUT2D eigenvalue weighted by atomic mass is 16.5. The SMILES string of the molecule is Cc1ccc(/C=N/Nc2nc3c(c(=O)[nH]c(=O)n3C)n2CCOc2ccccc2)cc1. The number of fused-ring (bicyclic) bond motifs is 1. The fraction of sp³-hybridized carbons (Fsp3) is 0.182. The van der Waals surface area contributed by atoms with Gasteiger partial charge in [-0.2, -0.15) is 10.1 Å². The molecule has 0 saturated carbocycles. The van der Waals surface area contributed by atoms with E-state index in [1.165, 1.54) is 4.57 Å². The minimum Gasteiger partial charge on any atom is -0.492 e. The van der Waals surface area contributed by atoms with Gasteiger partial charge in [-0.25, -0.2) is 10.2 Å². The summed E-state index contributed by atoms with van der Waals surface area (Å²) in [6, 6.07) is 17.3. The minimum atomic E-state index is -0.530. The number of imidazole rings is 1. The maximum absolute atomic E-state index is 12.5. The molecule has 9 heteroatoms. The Morgan fingerprint density at radius 3 is 2.61 bits per heavy atom. The van der Waals surface area contributed by atoms with Crippen LogP contribution in [0.25, 0.3) is 11.2 Å². The van der Waals surface area contributed by atoms with Gasteiger partial charge in [0.15, 0.2) is 11.2 Å². The number of H-pyrrole nitrogens is 1. The fourth-order valence-electron chi connectivity index (χ4n) is 3.13. The number of hydrogen-bond donors (Lipinski definition) is 2. The molecular weight excluding hydrogens is 396 g/mol. The summed E-state index contributed by atoms with van der Waals surface area (Å²) in [6.45, 7) is 2.64. The lowest BCUT2D eigenvalue weighted by Crippen LogP contribution is -2.29. The van der Waals surface area contributed by atoms with Gasteiger partial charge in [0.2, 0.25) is 5.95 Å². The first-order valence-corrected chi connectivity index (χ1v) is 9.76. The second-order valence-corrected chi connectivity index (χ2v) is 7.02. The molecular formula is C22H22N6O3. The van der Waals surface area contributed by atoms with Gasteiger partial charge in [0.1, 0.15) is 12.4 Å². The van der Waals surface area contributed by atoms with Crippen molar-refractivity contribution >= 4 is 23.3 Å². The van der Waals surface area contributed by atoms with E-state index in [0.29, 0.717) is 19.1 Å². The molecule has 0 spiro atoms. The lowest BCUT2D eigenvalue weighted by atomic mass is 10.2. The number of nitrogens with zero attached hydrogens (tertiary/aromatic N) is 4. The Balaban J connectivity index is 1.64. The number of nitrogens with one attached hydrogen (secondary N) is 2. The first kappa shape index (κ1) is 20.1. The predicted octanol–water partition coefficient (Wildman–Crippen LogP) is 2.26. The van der Waals surface area contributed by atoms with Crippen LogP contribution in [0.4, 0.5) is 5.95 Å². The molecule has 0 aliphatic carbocycles. The number of ether oxygens (including phenoxy) is 1. The third kappa shape index (κ3) is 4.40. The number of aromatic nitrogens is 4. The molecule has 9 nitrogen and oxygen atoms in total. The van der Waals surface area contributed by atoms with Crippen molar-refractivity contribution in [2.24, 2.45) is 12.1 Å². The molecule has 0 fully saturated rings. The molecule has 0 unspecified atom stereocenters. The summed E-state index contributed by atoms with van der Waals surface area (Å²) in [5, 5.41) is 4.25. The van der Waals surface area contributed by atoms with E-state index < -0.39 is 11.2 Å². The highest BCUT2D eigenvalue weighted by Crippen LogP contribution is 2.16. The number of rotatable bonds is 7. The Morgan fingerprint density at radius 2 is 1.87 bits per heavy atom. The van der Waals surface area contributed by atoms with E-state index in [0.717, 1.165) is 16.9 Å². The first-order valence-electron chi connectivity index (χ1n) is 9.76. The number of hydrazone groups is 1. The van der Waals surface area contributed by atoms with Crippen LogP contribution in [0.2, 0.25) is 0 Å². The number of para-hydroxylation sites is 1. The molecule has 2 aromatic heterocycles. The maximum atomic E-state index is 12.5. The van der Waals surface area contributed by atoms with Gasteiger partial charge in [0.05, 0.1) is 12.8 Å². The molecule has 2 N–H and O–H groups in total. The van der Waals surface area contributed by atoms with Gasteiger partial charge in [0, 0.05) is 7.05 Å². The quantitative estimate of drug-likeness (QED) is 0.354. The average Bonchev–Trinajstić information content (AvgIpc) is 3.13. The molecule has 4 aromatic rings. The van der Waals surface area contributed by atoms with Crippen LogP contribution in [0.3, 0.4) is 0 Å². The van der Waals surface area contributed by atoms with E-state index in [-0.39, 0.29) is 11.2 Å². The number of hydrogen-bond acceptors (Lipinski definition) is 6. The van der Waals surface area contributed by atoms with Crippen molar-refractivity contribution in [3.05, 3.63) is 86.6 Å². The van der Waals surface area contributed by atoms with Gasteiger partial charge in [-0.1, -0.05) is 48.0 Å². The van der Waals surface area contributed by atoms with Gasteiger partial charge < -0.3 is 4.74 Å². The van der Waals surface area contributed by atoms with Crippen molar-refractivity contribution in [3.63, 3.8) is 0 Å². The molecule has 0 saturated heterocycles. The molecule has 0 aliphatic heterocycles. The van der Waals surface area contributed by atoms with Crippen molar-refractivity contribution < 1.29 is 4.74 Å². The van der Waals surface area contributed by atoms with Crippen LogP contribution in [0.5, 0.6) is 5.75 Å². The van der Waals surface area contributed by atoms with Gasteiger partial charge >= 0.3 is 5.69 Å². The van der Waals surface area contributed by atoms with E-state index in [4.69, 9.17) is 4.74 Å². The summed E-state index contributed by atoms with van der Waals surface area (Å²) in [5.74, 6) is 1.06. The van der Waals surface area contributed by atoms with Crippen molar-refractivity contribution in [1.29, 1.82) is 0 Å². The van der Waals surface area contributed by atoms with E-state index in [9.17, 15) is 9.59 Å². The van der Waals surface area contributed by atoms with E-state index in [1.807, 2.05) is 61.5 Å². The Hall–Kier alpha value is -4.14. The smallest absolute Gasteiger partial charge is 0.329 e. The molecule has 0 bridgehead atoms. The molecule has 2 heterocycles. The molecule has 4 rings (SSSR count). The zero-order valence-corrected chi connectivity index (χ0v) is 17.2. The standard InChI is InChI=1S/C22H22N6O3/c1-15-8-10-16(11-9-15)14-23-26-21-24-19-18(20(29)25-22(30)27(19)2)28(21)12-13-31-17-6-4-3-5-7-17/h3-11,14H,12-13H2,1-2H3,(H,24,26)(H,25,29,30)/b23-14+. The second-order valence-electron chi connectivity index (χ2n) is 7.02. The topological polar surface area (TPSA) is 106 Å². The summed E-state index contributed by atoms with van der Waals surface area (Å²) in [4.78, 5) is 31.2. The molecule has 0 amide bonds.